The minimum absolute atomic E-state index is 0.0725. The molecular weight excluding hydrogens is 296 g/mol. The van der Waals surface area contributed by atoms with Crippen LogP contribution in [0.25, 0.3) is 0 Å². The summed E-state index contributed by atoms with van der Waals surface area (Å²) in [6.45, 7) is 0.536. The molecule has 0 spiro atoms. The predicted molar refractivity (Wildman–Crippen MR) is 80.6 cm³/mol. The lowest BCUT2D eigenvalue weighted by Gasteiger charge is -2.04. The number of aromatic nitrogens is 1. The molecular formula is C13H16N2O3S2. The molecule has 0 aliphatic carbocycles. The van der Waals surface area contributed by atoms with Gasteiger partial charge >= 0.3 is 0 Å². The summed E-state index contributed by atoms with van der Waals surface area (Å²) >= 11 is 1.71. The molecule has 0 saturated heterocycles. The number of anilines is 1. The largest absolute Gasteiger partial charge is 0.463 e. The maximum atomic E-state index is 11.3. The molecule has 0 aliphatic heterocycles. The van der Waals surface area contributed by atoms with E-state index in [9.17, 15) is 8.42 Å². The van der Waals surface area contributed by atoms with Gasteiger partial charge in [-0.25, -0.2) is 13.4 Å². The fourth-order valence-corrected chi connectivity index (χ4v) is 2.63. The van der Waals surface area contributed by atoms with Crippen LogP contribution in [0.15, 0.2) is 39.9 Å². The lowest BCUT2D eigenvalue weighted by atomic mass is 10.4. The van der Waals surface area contributed by atoms with Crippen molar-refractivity contribution in [3.8, 4) is 0 Å². The number of furan rings is 1. The zero-order valence-electron chi connectivity index (χ0n) is 11.3. The third-order valence-corrected chi connectivity index (χ3v) is 4.16. The normalized spacial score (nSPS) is 11.5. The molecule has 0 amide bonds. The molecule has 2 aromatic rings. The Hall–Kier alpha value is -1.47. The Balaban J connectivity index is 1.96. The van der Waals surface area contributed by atoms with Crippen molar-refractivity contribution >= 4 is 27.3 Å². The second-order valence-corrected chi connectivity index (χ2v) is 7.14. The van der Waals surface area contributed by atoms with E-state index in [0.29, 0.717) is 6.54 Å². The Morgan fingerprint density at radius 1 is 1.25 bits per heavy atom. The minimum atomic E-state index is -3.25. The first kappa shape index (κ1) is 14.9. The maximum absolute atomic E-state index is 11.3. The second-order valence-electron chi connectivity index (χ2n) is 4.31. The van der Waals surface area contributed by atoms with Gasteiger partial charge in [0.1, 0.15) is 11.5 Å². The summed E-state index contributed by atoms with van der Waals surface area (Å²) < 4.78 is 28.2. The Kier molecular flexibility index (Phi) is 4.72. The van der Waals surface area contributed by atoms with Gasteiger partial charge < -0.3 is 9.73 Å². The van der Waals surface area contributed by atoms with Crippen LogP contribution in [0.5, 0.6) is 0 Å². The average molecular weight is 312 g/mol. The first-order valence-corrected chi connectivity index (χ1v) is 9.24. The van der Waals surface area contributed by atoms with Crippen molar-refractivity contribution in [3.63, 3.8) is 0 Å². The first-order chi connectivity index (χ1) is 9.49. The molecule has 0 saturated carbocycles. The van der Waals surface area contributed by atoms with Crippen molar-refractivity contribution in [1.82, 2.24) is 4.98 Å². The molecule has 2 aromatic heterocycles. The van der Waals surface area contributed by atoms with Crippen molar-refractivity contribution in [2.75, 3.05) is 17.8 Å². The monoisotopic (exact) mass is 312 g/mol. The second kappa shape index (κ2) is 6.32. The van der Waals surface area contributed by atoms with Gasteiger partial charge in [0.2, 0.25) is 0 Å². The van der Waals surface area contributed by atoms with E-state index in [1.807, 2.05) is 18.4 Å². The highest BCUT2D eigenvalue weighted by molar-refractivity contribution is 7.97. The summed E-state index contributed by atoms with van der Waals surface area (Å²) in [7, 11) is -3.25. The molecule has 0 fully saturated rings. The van der Waals surface area contributed by atoms with Crippen molar-refractivity contribution in [2.24, 2.45) is 0 Å². The molecule has 2 rings (SSSR count). The average Bonchev–Trinajstić information content (AvgIpc) is 2.84. The van der Waals surface area contributed by atoms with Crippen LogP contribution in [0.1, 0.15) is 11.5 Å². The standard InChI is InChI=1S/C13H16N2O3S2/c1-19-9-12-5-4-11(18-12)8-14-10-3-6-13(15-7-10)20(2,16)17/h3-7,14H,8-9H2,1-2H3. The highest BCUT2D eigenvalue weighted by Gasteiger charge is 2.08. The highest BCUT2D eigenvalue weighted by Crippen LogP contribution is 2.15. The van der Waals surface area contributed by atoms with Gasteiger partial charge in [-0.05, 0) is 30.5 Å². The van der Waals surface area contributed by atoms with Crippen LogP contribution in [0.2, 0.25) is 0 Å². The van der Waals surface area contributed by atoms with Crippen molar-refractivity contribution < 1.29 is 12.8 Å². The third-order valence-electron chi connectivity index (χ3n) is 2.59. The zero-order valence-corrected chi connectivity index (χ0v) is 12.9. The smallest absolute Gasteiger partial charge is 0.192 e. The topological polar surface area (TPSA) is 72.2 Å². The summed E-state index contributed by atoms with van der Waals surface area (Å²) in [5.74, 6) is 2.63. The van der Waals surface area contributed by atoms with E-state index >= 15 is 0 Å². The molecule has 0 unspecified atom stereocenters. The van der Waals surface area contributed by atoms with Crippen molar-refractivity contribution in [2.45, 2.75) is 17.3 Å². The highest BCUT2D eigenvalue weighted by atomic mass is 32.2. The summed E-state index contributed by atoms with van der Waals surface area (Å²) in [6.07, 6.45) is 4.66. The quantitative estimate of drug-likeness (QED) is 0.884. The van der Waals surface area contributed by atoms with E-state index in [2.05, 4.69) is 10.3 Å². The first-order valence-electron chi connectivity index (χ1n) is 5.95. The van der Waals surface area contributed by atoms with Crippen LogP contribution in [0.4, 0.5) is 5.69 Å². The number of rotatable bonds is 6. The molecule has 2 heterocycles. The Labute approximate surface area is 122 Å². The SMILES string of the molecule is CSCc1ccc(CNc2ccc(S(C)(=O)=O)nc2)o1. The molecule has 7 heteroatoms. The van der Waals surface area contributed by atoms with Crippen LogP contribution in [0, 0.1) is 0 Å². The Morgan fingerprint density at radius 3 is 2.60 bits per heavy atom. The minimum Gasteiger partial charge on any atom is -0.463 e. The van der Waals surface area contributed by atoms with Gasteiger partial charge in [-0.1, -0.05) is 0 Å². The molecule has 0 radical (unpaired) electrons. The Morgan fingerprint density at radius 2 is 2.00 bits per heavy atom. The lowest BCUT2D eigenvalue weighted by molar-refractivity contribution is 0.487. The zero-order chi connectivity index (χ0) is 14.6. The van der Waals surface area contributed by atoms with E-state index in [1.165, 1.54) is 12.3 Å². The molecule has 0 atom stereocenters. The number of nitrogens with one attached hydrogen (secondary N) is 1. The lowest BCUT2D eigenvalue weighted by Crippen LogP contribution is -2.02. The van der Waals surface area contributed by atoms with E-state index in [1.54, 1.807) is 17.8 Å². The van der Waals surface area contributed by atoms with Crippen LogP contribution >= 0.6 is 11.8 Å². The molecule has 5 nitrogen and oxygen atoms in total. The fraction of sp³-hybridized carbons (Fsp3) is 0.308. The van der Waals surface area contributed by atoms with Gasteiger partial charge in [-0.15, -0.1) is 0 Å². The molecule has 0 aliphatic rings. The summed E-state index contributed by atoms with van der Waals surface area (Å²) in [6, 6.07) is 7.06. The van der Waals surface area contributed by atoms with Gasteiger partial charge in [-0.3, -0.25) is 0 Å². The van der Waals surface area contributed by atoms with Crippen molar-refractivity contribution in [3.05, 3.63) is 42.0 Å². The summed E-state index contributed by atoms with van der Waals surface area (Å²) in [5.41, 5.74) is 0.750. The van der Waals surface area contributed by atoms with E-state index in [0.717, 1.165) is 29.2 Å². The fourth-order valence-electron chi connectivity index (χ4n) is 1.63. The van der Waals surface area contributed by atoms with E-state index < -0.39 is 9.84 Å². The van der Waals surface area contributed by atoms with Crippen LogP contribution < -0.4 is 5.32 Å². The molecule has 0 aromatic carbocycles. The molecule has 0 bridgehead atoms. The number of pyridine rings is 1. The van der Waals surface area contributed by atoms with Crippen LogP contribution in [-0.4, -0.2) is 25.9 Å². The number of sulfone groups is 1. The number of hydrogen-bond acceptors (Lipinski definition) is 6. The van der Waals surface area contributed by atoms with Gasteiger partial charge in [0.05, 0.1) is 24.2 Å². The maximum Gasteiger partial charge on any atom is 0.192 e. The van der Waals surface area contributed by atoms with Crippen LogP contribution in [0.3, 0.4) is 0 Å². The van der Waals surface area contributed by atoms with Crippen LogP contribution in [-0.2, 0) is 22.1 Å². The third kappa shape index (κ3) is 4.01. The number of thioether (sulfide) groups is 1. The number of hydrogen-bond donors (Lipinski definition) is 1. The van der Waals surface area contributed by atoms with Crippen molar-refractivity contribution in [1.29, 1.82) is 0 Å². The molecule has 20 heavy (non-hydrogen) atoms. The van der Waals surface area contributed by atoms with Gasteiger partial charge in [0.15, 0.2) is 14.9 Å². The van der Waals surface area contributed by atoms with Gasteiger partial charge in [-0.2, -0.15) is 11.8 Å². The van der Waals surface area contributed by atoms with E-state index in [4.69, 9.17) is 4.42 Å². The predicted octanol–water partition coefficient (Wildman–Crippen LogP) is 2.55. The number of nitrogens with zero attached hydrogens (tertiary/aromatic N) is 1. The molecule has 108 valence electrons. The Bertz CT molecular complexity index is 663. The summed E-state index contributed by atoms with van der Waals surface area (Å²) in [4.78, 5) is 3.91. The van der Waals surface area contributed by atoms with Gasteiger partial charge in [0.25, 0.3) is 0 Å². The molecule has 1 N–H and O–H groups in total. The van der Waals surface area contributed by atoms with Gasteiger partial charge in [0, 0.05) is 6.26 Å². The van der Waals surface area contributed by atoms with E-state index in [-0.39, 0.29) is 5.03 Å². The summed E-state index contributed by atoms with van der Waals surface area (Å²) in [5, 5.41) is 3.21.